The molecule has 0 radical (unpaired) electrons. The van der Waals surface area contributed by atoms with E-state index in [0.717, 1.165) is 12.1 Å². The Hall–Kier alpha value is -2.15. The summed E-state index contributed by atoms with van der Waals surface area (Å²) in [5, 5.41) is 0. The van der Waals surface area contributed by atoms with Crippen molar-refractivity contribution in [3.63, 3.8) is 0 Å². The molecule has 2 aromatic carbocycles. The van der Waals surface area contributed by atoms with Gasteiger partial charge in [-0.1, -0.05) is 0 Å². The molecule has 0 aliphatic rings. The Morgan fingerprint density at radius 1 is 0.950 bits per heavy atom. The molecule has 0 spiro atoms. The minimum absolute atomic E-state index is 0.0178. The average Bonchev–Trinajstić information content (AvgIpc) is 2.70. The largest absolute Gasteiger partial charge is 0.330 e. The maximum absolute atomic E-state index is 13.3. The number of fused-ring (bicyclic) bond motifs is 1. The van der Waals surface area contributed by atoms with Crippen molar-refractivity contribution in [1.82, 2.24) is 9.55 Å². The third-order valence-corrected chi connectivity index (χ3v) is 3.16. The molecule has 3 aromatic rings. The average molecular weight is 298 g/mol. The molecule has 3 rings (SSSR count). The SMILES string of the molecule is Fc1ccc2c(c1)[nH]c(=S)n2-c1cc(F)c(F)c(F)c1. The van der Waals surface area contributed by atoms with Gasteiger partial charge in [-0.05, 0) is 30.4 Å². The van der Waals surface area contributed by atoms with Gasteiger partial charge in [0.15, 0.2) is 22.2 Å². The van der Waals surface area contributed by atoms with Crippen LogP contribution in [0, 0.1) is 28.0 Å². The van der Waals surface area contributed by atoms with Gasteiger partial charge in [-0.15, -0.1) is 0 Å². The van der Waals surface area contributed by atoms with Crippen LogP contribution in [0.4, 0.5) is 17.6 Å². The van der Waals surface area contributed by atoms with Crippen LogP contribution in [-0.4, -0.2) is 9.55 Å². The molecule has 7 heteroatoms. The summed E-state index contributed by atoms with van der Waals surface area (Å²) in [5.41, 5.74) is 0.825. The van der Waals surface area contributed by atoms with Crippen LogP contribution in [0.5, 0.6) is 0 Å². The Bertz CT molecular complexity index is 859. The highest BCUT2D eigenvalue weighted by molar-refractivity contribution is 7.71. The second-order valence-electron chi connectivity index (χ2n) is 4.15. The van der Waals surface area contributed by atoms with E-state index in [1.54, 1.807) is 0 Å². The lowest BCUT2D eigenvalue weighted by atomic mass is 10.2. The summed E-state index contributed by atoms with van der Waals surface area (Å²) in [6.07, 6.45) is 0. The van der Waals surface area contributed by atoms with E-state index in [-0.39, 0.29) is 10.5 Å². The fraction of sp³-hybridized carbons (Fsp3) is 0. The summed E-state index contributed by atoms with van der Waals surface area (Å²) >= 11 is 5.04. The van der Waals surface area contributed by atoms with Crippen molar-refractivity contribution in [2.45, 2.75) is 0 Å². The first-order chi connectivity index (χ1) is 9.47. The lowest BCUT2D eigenvalue weighted by Crippen LogP contribution is -1.99. The second kappa shape index (κ2) is 4.45. The zero-order valence-electron chi connectivity index (χ0n) is 9.75. The predicted octanol–water partition coefficient (Wildman–Crippen LogP) is 4.24. The molecule has 0 aliphatic carbocycles. The first kappa shape index (κ1) is 12.9. The lowest BCUT2D eigenvalue weighted by molar-refractivity contribution is 0.446. The molecule has 2 nitrogen and oxygen atoms in total. The number of hydrogen-bond donors (Lipinski definition) is 1. The summed E-state index contributed by atoms with van der Waals surface area (Å²) in [6, 6.07) is 5.46. The van der Waals surface area contributed by atoms with Crippen LogP contribution < -0.4 is 0 Å². The van der Waals surface area contributed by atoms with Crippen LogP contribution in [0.25, 0.3) is 16.7 Å². The molecule has 1 heterocycles. The van der Waals surface area contributed by atoms with E-state index in [1.807, 2.05) is 0 Å². The first-order valence-corrected chi connectivity index (χ1v) is 5.93. The van der Waals surface area contributed by atoms with Crippen molar-refractivity contribution in [2.75, 3.05) is 0 Å². The number of nitrogens with one attached hydrogen (secondary N) is 1. The van der Waals surface area contributed by atoms with Crippen LogP contribution in [-0.2, 0) is 0 Å². The Morgan fingerprint density at radius 3 is 2.25 bits per heavy atom. The maximum atomic E-state index is 13.3. The van der Waals surface area contributed by atoms with E-state index in [0.29, 0.717) is 11.0 Å². The van der Waals surface area contributed by atoms with Gasteiger partial charge in [-0.25, -0.2) is 17.6 Å². The van der Waals surface area contributed by atoms with E-state index < -0.39 is 23.3 Å². The quantitative estimate of drug-likeness (QED) is 0.405. The Labute approximate surface area is 115 Å². The number of benzene rings is 2. The van der Waals surface area contributed by atoms with E-state index in [2.05, 4.69) is 4.98 Å². The highest BCUT2D eigenvalue weighted by atomic mass is 32.1. The van der Waals surface area contributed by atoms with Crippen LogP contribution in [0.3, 0.4) is 0 Å². The smallest absolute Gasteiger partial charge is 0.194 e. The van der Waals surface area contributed by atoms with Crippen molar-refractivity contribution in [2.24, 2.45) is 0 Å². The third-order valence-electron chi connectivity index (χ3n) is 2.87. The van der Waals surface area contributed by atoms with Gasteiger partial charge in [0.05, 0.1) is 16.7 Å². The van der Waals surface area contributed by atoms with Gasteiger partial charge in [0.2, 0.25) is 0 Å². The summed E-state index contributed by atoms with van der Waals surface area (Å²) in [7, 11) is 0. The maximum Gasteiger partial charge on any atom is 0.194 e. The van der Waals surface area contributed by atoms with Crippen LogP contribution in [0.15, 0.2) is 30.3 Å². The summed E-state index contributed by atoms with van der Waals surface area (Å²) in [5.74, 6) is -4.67. The van der Waals surface area contributed by atoms with Crippen LogP contribution in [0.1, 0.15) is 0 Å². The summed E-state index contributed by atoms with van der Waals surface area (Å²) in [6.45, 7) is 0. The molecule has 0 amide bonds. The monoisotopic (exact) mass is 298 g/mol. The second-order valence-corrected chi connectivity index (χ2v) is 4.54. The fourth-order valence-corrected chi connectivity index (χ4v) is 2.33. The Morgan fingerprint density at radius 2 is 1.60 bits per heavy atom. The van der Waals surface area contributed by atoms with Crippen molar-refractivity contribution in [3.8, 4) is 5.69 Å². The topological polar surface area (TPSA) is 20.7 Å². The van der Waals surface area contributed by atoms with E-state index in [9.17, 15) is 17.6 Å². The minimum Gasteiger partial charge on any atom is -0.330 e. The van der Waals surface area contributed by atoms with Crippen LogP contribution >= 0.6 is 12.2 Å². The van der Waals surface area contributed by atoms with Gasteiger partial charge < -0.3 is 4.98 Å². The molecule has 1 aromatic heterocycles. The minimum atomic E-state index is -1.55. The number of rotatable bonds is 1. The molecular weight excluding hydrogens is 292 g/mol. The third kappa shape index (κ3) is 1.90. The van der Waals surface area contributed by atoms with Gasteiger partial charge in [-0.3, -0.25) is 4.57 Å². The number of imidazole rings is 1. The molecule has 1 N–H and O–H groups in total. The van der Waals surface area contributed by atoms with E-state index in [1.165, 1.54) is 22.8 Å². The molecule has 0 bridgehead atoms. The Kier molecular flexibility index (Phi) is 2.86. The molecule has 0 atom stereocenters. The molecule has 102 valence electrons. The zero-order valence-corrected chi connectivity index (χ0v) is 10.6. The number of halogens is 4. The summed E-state index contributed by atoms with van der Waals surface area (Å²) < 4.78 is 54.1. The van der Waals surface area contributed by atoms with Gasteiger partial charge in [-0.2, -0.15) is 0 Å². The van der Waals surface area contributed by atoms with Gasteiger partial charge >= 0.3 is 0 Å². The molecule has 0 saturated carbocycles. The zero-order chi connectivity index (χ0) is 14.4. The highest BCUT2D eigenvalue weighted by Gasteiger charge is 2.14. The van der Waals surface area contributed by atoms with Crippen molar-refractivity contribution in [1.29, 1.82) is 0 Å². The molecule has 20 heavy (non-hydrogen) atoms. The van der Waals surface area contributed by atoms with Crippen molar-refractivity contribution in [3.05, 3.63) is 58.4 Å². The number of H-pyrrole nitrogens is 1. The van der Waals surface area contributed by atoms with E-state index in [4.69, 9.17) is 12.2 Å². The first-order valence-electron chi connectivity index (χ1n) is 5.52. The lowest BCUT2D eigenvalue weighted by Gasteiger charge is -2.06. The highest BCUT2D eigenvalue weighted by Crippen LogP contribution is 2.23. The van der Waals surface area contributed by atoms with Crippen molar-refractivity contribution >= 4 is 23.3 Å². The normalized spacial score (nSPS) is 11.2. The van der Waals surface area contributed by atoms with Gasteiger partial charge in [0.25, 0.3) is 0 Å². The Balaban J connectivity index is 2.35. The fourth-order valence-electron chi connectivity index (χ4n) is 2.01. The molecule has 0 saturated heterocycles. The number of nitrogens with zero attached hydrogens (tertiary/aromatic N) is 1. The van der Waals surface area contributed by atoms with Gasteiger partial charge in [0.1, 0.15) is 5.82 Å². The number of aromatic nitrogens is 2. The standard InChI is InChI=1S/C13H6F4N2S/c14-6-1-2-11-10(3-6)18-13(20)19(11)7-4-8(15)12(17)9(16)5-7/h1-5H,(H,18,20). The predicted molar refractivity (Wildman–Crippen MR) is 68.3 cm³/mol. The molecule has 0 aliphatic heterocycles. The van der Waals surface area contributed by atoms with Crippen LogP contribution in [0.2, 0.25) is 0 Å². The van der Waals surface area contributed by atoms with Gasteiger partial charge in [0, 0.05) is 12.1 Å². The summed E-state index contributed by atoms with van der Waals surface area (Å²) in [4.78, 5) is 2.72. The van der Waals surface area contributed by atoms with E-state index >= 15 is 0 Å². The number of hydrogen-bond acceptors (Lipinski definition) is 1. The molecule has 0 unspecified atom stereocenters. The molecular formula is C13H6F4N2S. The van der Waals surface area contributed by atoms with Crippen molar-refractivity contribution < 1.29 is 17.6 Å². The molecule has 0 fully saturated rings. The number of aromatic amines is 1.